The van der Waals surface area contributed by atoms with E-state index >= 15 is 4.39 Å². The largest absolute Gasteiger partial charge is 0.384 e. The van der Waals surface area contributed by atoms with Crippen LogP contribution in [0, 0.1) is 5.82 Å². The van der Waals surface area contributed by atoms with Crippen molar-refractivity contribution in [1.82, 2.24) is 44.7 Å². The number of anilines is 4. The zero-order valence-electron chi connectivity index (χ0n) is 34.9. The fraction of sp³-hybridized carbons (Fsp3) is 0.400. The molecule has 3 fully saturated rings. The van der Waals surface area contributed by atoms with Gasteiger partial charge in [0.1, 0.15) is 22.8 Å². The van der Waals surface area contributed by atoms with Crippen molar-refractivity contribution in [2.24, 2.45) is 0 Å². The van der Waals surface area contributed by atoms with Crippen LogP contribution in [0.3, 0.4) is 0 Å². The number of nitrogens with zero attached hydrogens (tertiary/aromatic N) is 8. The third-order valence-corrected chi connectivity index (χ3v) is 13.2. The Morgan fingerprint density at radius 2 is 1.78 bits per heavy atom. The van der Waals surface area contributed by atoms with Gasteiger partial charge in [-0.25, -0.2) is 23.7 Å². The van der Waals surface area contributed by atoms with E-state index in [0.717, 1.165) is 49.5 Å². The zero-order chi connectivity index (χ0) is 43.6. The van der Waals surface area contributed by atoms with Crippen molar-refractivity contribution in [3.8, 4) is 5.82 Å². The number of piperidine rings is 1. The summed E-state index contributed by atoms with van der Waals surface area (Å²) in [6, 6.07) is 14.6. The van der Waals surface area contributed by atoms with Gasteiger partial charge in [-0.15, -0.1) is 6.58 Å². The smallest absolute Gasteiger partial charge is 0.278 e. The standard InChI is InChI=1S/C45H49FN12O5/c1-3-17-57-43(62)33-20-49-44(53-40(33)58(57)37-11-5-26-13-14-45(63,4-2)39(26)51-37)50-29-8-6-28(7-9-29)47-15-16-48-30-22-54(23-30)31-24-55(25-31)36-18-27-21-56(42(61)32(27)19-34(36)46)35-10-12-38(59)52-41(35)60/h3,5-9,11,18-20,30-31,35,47-48,63H,1,4,10,12-17,21-25H2,2H3,(H,49,50,53)(H,52,59,60)/t35?,45-/m1/s1. The molecule has 3 saturated heterocycles. The van der Waals surface area contributed by atoms with Crippen LogP contribution in [0.4, 0.5) is 27.4 Å². The van der Waals surface area contributed by atoms with Gasteiger partial charge < -0.3 is 30.9 Å². The summed E-state index contributed by atoms with van der Waals surface area (Å²) in [7, 11) is 0. The van der Waals surface area contributed by atoms with E-state index in [-0.39, 0.29) is 48.9 Å². The quantitative estimate of drug-likeness (QED) is 0.0623. The number of aromatic nitrogens is 5. The van der Waals surface area contributed by atoms with E-state index in [1.165, 1.54) is 21.8 Å². The van der Waals surface area contributed by atoms with Crippen molar-refractivity contribution < 1.29 is 23.9 Å². The number of nitrogens with one attached hydrogen (secondary N) is 4. The fourth-order valence-corrected chi connectivity index (χ4v) is 9.54. The number of hydrogen-bond acceptors (Lipinski definition) is 13. The van der Waals surface area contributed by atoms with E-state index in [1.807, 2.05) is 48.2 Å². The maximum atomic E-state index is 15.3. The number of likely N-dealkylation sites (tertiary alicyclic amines) is 1. The number of carbonyl (C=O) groups is 3. The van der Waals surface area contributed by atoms with Crippen molar-refractivity contribution >= 4 is 51.8 Å². The Labute approximate surface area is 362 Å². The summed E-state index contributed by atoms with van der Waals surface area (Å²) in [5.74, 6) is -0.841. The summed E-state index contributed by atoms with van der Waals surface area (Å²) < 4.78 is 18.5. The number of rotatable bonds is 14. The first kappa shape index (κ1) is 40.6. The molecule has 0 bridgehead atoms. The van der Waals surface area contributed by atoms with Gasteiger partial charge >= 0.3 is 0 Å². The van der Waals surface area contributed by atoms with Crippen molar-refractivity contribution in [2.75, 3.05) is 54.8 Å². The predicted octanol–water partition coefficient (Wildman–Crippen LogP) is 2.93. The highest BCUT2D eigenvalue weighted by Gasteiger charge is 2.43. The molecule has 10 rings (SSSR count). The number of halogens is 1. The highest BCUT2D eigenvalue weighted by Crippen LogP contribution is 2.39. The molecule has 2 aromatic carbocycles. The van der Waals surface area contributed by atoms with E-state index in [0.29, 0.717) is 77.8 Å². The molecule has 1 unspecified atom stereocenters. The van der Waals surface area contributed by atoms with Crippen LogP contribution in [0.2, 0.25) is 0 Å². The van der Waals surface area contributed by atoms with E-state index < -0.39 is 23.4 Å². The molecule has 3 amide bonds. The molecule has 17 nitrogen and oxygen atoms in total. The third-order valence-electron chi connectivity index (χ3n) is 13.2. The van der Waals surface area contributed by atoms with Gasteiger partial charge in [0.15, 0.2) is 11.5 Å². The molecule has 0 spiro atoms. The molecular weight excluding hydrogens is 808 g/mol. The summed E-state index contributed by atoms with van der Waals surface area (Å²) in [6.07, 6.45) is 5.51. The summed E-state index contributed by atoms with van der Waals surface area (Å²) in [4.78, 5) is 70.5. The first-order valence-corrected chi connectivity index (χ1v) is 21.6. The van der Waals surface area contributed by atoms with Crippen LogP contribution < -0.4 is 31.7 Å². The van der Waals surface area contributed by atoms with Crippen molar-refractivity contribution in [2.45, 2.75) is 75.8 Å². The van der Waals surface area contributed by atoms with Gasteiger partial charge in [0.05, 0.1) is 17.9 Å². The van der Waals surface area contributed by atoms with Gasteiger partial charge in [0, 0.05) is 87.5 Å². The SMILES string of the molecule is C=CCn1c(=O)c2cnc(Nc3ccc(NCCNC4CN(C5CN(c6cc7c(cc6F)C(=O)N(C6CCC(=O)NC6=O)C7)C5)C4)cc3)nc2n1-c1ccc2c(n1)[C@@](O)(CC)CC2. The Hall–Kier alpha value is -6.50. The second-order valence-electron chi connectivity index (χ2n) is 17.1. The van der Waals surface area contributed by atoms with E-state index in [2.05, 4.69) is 37.7 Å². The molecule has 7 heterocycles. The van der Waals surface area contributed by atoms with Crippen molar-refractivity contribution in [3.63, 3.8) is 0 Å². The number of carbonyl (C=O) groups excluding carboxylic acids is 3. The number of aryl methyl sites for hydroxylation is 1. The summed E-state index contributed by atoms with van der Waals surface area (Å²) in [5.41, 5.74) is 3.96. The molecular formula is C45H49FN12O5. The van der Waals surface area contributed by atoms with Crippen LogP contribution in [0.15, 0.2) is 72.2 Å². The molecule has 2 atom stereocenters. The second-order valence-corrected chi connectivity index (χ2v) is 17.1. The number of benzene rings is 2. The fourth-order valence-electron chi connectivity index (χ4n) is 9.54. The summed E-state index contributed by atoms with van der Waals surface area (Å²) >= 11 is 0. The molecule has 0 radical (unpaired) electrons. The van der Waals surface area contributed by atoms with Gasteiger partial charge in [-0.1, -0.05) is 19.1 Å². The van der Waals surface area contributed by atoms with Gasteiger partial charge in [-0.3, -0.25) is 29.4 Å². The van der Waals surface area contributed by atoms with Gasteiger partial charge in [0.2, 0.25) is 17.8 Å². The monoisotopic (exact) mass is 856 g/mol. The Kier molecular flexibility index (Phi) is 10.3. The number of imide groups is 1. The van der Waals surface area contributed by atoms with Crippen molar-refractivity contribution in [3.05, 3.63) is 106 Å². The average Bonchev–Trinajstić information content (AvgIpc) is 3.85. The van der Waals surface area contributed by atoms with Crippen LogP contribution in [-0.4, -0.2) is 114 Å². The molecule has 5 N–H and O–H groups in total. The molecule has 63 heavy (non-hydrogen) atoms. The molecule has 18 heteroatoms. The first-order chi connectivity index (χ1) is 30.5. The molecule has 1 aliphatic carbocycles. The van der Waals surface area contributed by atoms with E-state index in [4.69, 9.17) is 9.97 Å². The lowest BCUT2D eigenvalue weighted by Gasteiger charge is -2.52. The maximum absolute atomic E-state index is 15.3. The first-order valence-electron chi connectivity index (χ1n) is 21.6. The minimum absolute atomic E-state index is 0.171. The van der Waals surface area contributed by atoms with Crippen LogP contribution in [-0.2, 0) is 34.7 Å². The van der Waals surface area contributed by atoms with E-state index in [9.17, 15) is 24.3 Å². The van der Waals surface area contributed by atoms with Crippen LogP contribution in [0.1, 0.15) is 59.8 Å². The lowest BCUT2D eigenvalue weighted by Crippen LogP contribution is -2.69. The number of allylic oxidation sites excluding steroid dienone is 1. The van der Waals surface area contributed by atoms with Crippen LogP contribution in [0.25, 0.3) is 16.9 Å². The lowest BCUT2D eigenvalue weighted by molar-refractivity contribution is -0.136. The number of hydrogen-bond donors (Lipinski definition) is 5. The lowest BCUT2D eigenvalue weighted by atomic mass is 9.98. The number of pyridine rings is 1. The van der Waals surface area contributed by atoms with Gasteiger partial charge in [-0.2, -0.15) is 4.98 Å². The van der Waals surface area contributed by atoms with Crippen molar-refractivity contribution in [1.29, 1.82) is 0 Å². The molecule has 5 aliphatic rings. The minimum atomic E-state index is -1.01. The number of aliphatic hydroxyl groups is 1. The molecule has 5 aromatic rings. The Bertz CT molecular complexity index is 2730. The number of amides is 3. The molecule has 326 valence electrons. The normalized spacial score (nSPS) is 21.3. The predicted molar refractivity (Wildman–Crippen MR) is 234 cm³/mol. The average molecular weight is 857 g/mol. The highest BCUT2D eigenvalue weighted by atomic mass is 19.1. The minimum Gasteiger partial charge on any atom is -0.384 e. The Morgan fingerprint density at radius 1 is 0.984 bits per heavy atom. The maximum Gasteiger partial charge on any atom is 0.278 e. The zero-order valence-corrected chi connectivity index (χ0v) is 34.9. The number of fused-ring (bicyclic) bond motifs is 3. The summed E-state index contributed by atoms with van der Waals surface area (Å²) in [6.45, 7) is 11.0. The Balaban J connectivity index is 0.691. The Morgan fingerprint density at radius 3 is 2.54 bits per heavy atom. The highest BCUT2D eigenvalue weighted by molar-refractivity contribution is 6.05. The van der Waals surface area contributed by atoms with Crippen LogP contribution in [0.5, 0.6) is 0 Å². The molecule has 3 aromatic heterocycles. The third kappa shape index (κ3) is 7.30. The van der Waals surface area contributed by atoms with E-state index in [1.54, 1.807) is 16.8 Å². The topological polar surface area (TPSA) is 195 Å². The molecule has 4 aliphatic heterocycles. The van der Waals surface area contributed by atoms with Gasteiger partial charge in [-0.05, 0) is 79.3 Å². The molecule has 0 saturated carbocycles. The second kappa shape index (κ2) is 16.0. The summed E-state index contributed by atoms with van der Waals surface area (Å²) in [5, 5.41) is 24.2. The van der Waals surface area contributed by atoms with Gasteiger partial charge in [0.25, 0.3) is 11.5 Å². The van der Waals surface area contributed by atoms with Crippen LogP contribution >= 0.6 is 0 Å².